The zero-order valence-corrected chi connectivity index (χ0v) is 15.6. The molecule has 3 heterocycles. The number of halogens is 1. The summed E-state index contributed by atoms with van der Waals surface area (Å²) in [5, 5.41) is 9.51. The number of amides is 1. The van der Waals surface area contributed by atoms with Crippen molar-refractivity contribution in [3.05, 3.63) is 24.0 Å². The maximum atomic E-state index is 13.5. The first kappa shape index (κ1) is 17.2. The van der Waals surface area contributed by atoms with Crippen LogP contribution in [0.15, 0.2) is 23.4 Å². The van der Waals surface area contributed by atoms with Gasteiger partial charge in [-0.1, -0.05) is 11.8 Å². The number of nitrogens with zero attached hydrogens (tertiary/aromatic N) is 5. The van der Waals surface area contributed by atoms with Gasteiger partial charge in [0.2, 0.25) is 11.1 Å². The molecule has 0 unspecified atom stereocenters. The Morgan fingerprint density at radius 1 is 1.35 bits per heavy atom. The fourth-order valence-electron chi connectivity index (χ4n) is 3.56. The van der Waals surface area contributed by atoms with Crippen LogP contribution in [0.25, 0.3) is 22.1 Å². The Labute approximate surface area is 154 Å². The smallest absolute Gasteiger partial charge is 0.233 e. The minimum atomic E-state index is -0.313. The van der Waals surface area contributed by atoms with Gasteiger partial charge in [-0.05, 0) is 44.4 Å². The summed E-state index contributed by atoms with van der Waals surface area (Å²) in [4.78, 5) is 19.0. The lowest BCUT2D eigenvalue weighted by atomic mass is 10.0. The minimum Gasteiger partial charge on any atom is -0.339 e. The molecule has 2 aromatic heterocycles. The van der Waals surface area contributed by atoms with Gasteiger partial charge in [-0.15, -0.1) is 10.2 Å². The second kappa shape index (κ2) is 6.83. The number of thioether (sulfide) groups is 1. The Morgan fingerprint density at radius 3 is 3.00 bits per heavy atom. The molecule has 0 spiro atoms. The fraction of sp³-hybridized carbons (Fsp3) is 0.444. The van der Waals surface area contributed by atoms with Crippen LogP contribution >= 0.6 is 11.8 Å². The molecule has 0 aliphatic carbocycles. The summed E-state index contributed by atoms with van der Waals surface area (Å²) in [5.41, 5.74) is 2.06. The third kappa shape index (κ3) is 3.02. The molecule has 3 aromatic rings. The second-order valence-corrected chi connectivity index (χ2v) is 7.65. The van der Waals surface area contributed by atoms with E-state index in [-0.39, 0.29) is 11.7 Å². The third-order valence-electron chi connectivity index (χ3n) is 4.99. The number of carbonyl (C=O) groups excluding carboxylic acids is 1. The number of rotatable bonds is 3. The van der Waals surface area contributed by atoms with Crippen molar-refractivity contribution in [1.29, 1.82) is 0 Å². The number of hydrogen-bond acceptors (Lipinski definition) is 5. The molecule has 1 atom stereocenters. The van der Waals surface area contributed by atoms with Gasteiger partial charge < -0.3 is 9.47 Å². The van der Waals surface area contributed by atoms with Crippen LogP contribution in [0, 0.1) is 5.82 Å². The van der Waals surface area contributed by atoms with Crippen LogP contribution in [0.4, 0.5) is 4.39 Å². The molecule has 1 fully saturated rings. The number of piperidine rings is 1. The molecule has 1 aliphatic rings. The molecule has 8 heteroatoms. The van der Waals surface area contributed by atoms with Gasteiger partial charge >= 0.3 is 0 Å². The quantitative estimate of drug-likeness (QED) is 0.660. The molecule has 1 amide bonds. The van der Waals surface area contributed by atoms with E-state index in [1.54, 1.807) is 6.07 Å². The van der Waals surface area contributed by atoms with Crippen molar-refractivity contribution in [3.8, 4) is 0 Å². The van der Waals surface area contributed by atoms with Gasteiger partial charge in [-0.25, -0.2) is 9.37 Å². The van der Waals surface area contributed by atoms with E-state index in [1.807, 2.05) is 16.5 Å². The van der Waals surface area contributed by atoms with Gasteiger partial charge in [0.05, 0.1) is 11.3 Å². The molecule has 26 heavy (non-hydrogen) atoms. The van der Waals surface area contributed by atoms with Gasteiger partial charge in [-0.3, -0.25) is 4.79 Å². The van der Waals surface area contributed by atoms with Crippen molar-refractivity contribution in [2.75, 3.05) is 12.3 Å². The summed E-state index contributed by atoms with van der Waals surface area (Å²) in [6.45, 7) is 2.92. The van der Waals surface area contributed by atoms with Crippen molar-refractivity contribution in [2.24, 2.45) is 7.05 Å². The molecule has 0 saturated carbocycles. The van der Waals surface area contributed by atoms with E-state index in [4.69, 9.17) is 0 Å². The first-order valence-electron chi connectivity index (χ1n) is 8.75. The number of hydrogen-bond donors (Lipinski definition) is 0. The van der Waals surface area contributed by atoms with E-state index in [1.165, 1.54) is 30.3 Å². The first-order chi connectivity index (χ1) is 12.5. The molecular formula is C18H20FN5OS. The number of likely N-dealkylation sites (tertiary alicyclic amines) is 1. The molecule has 1 aromatic carbocycles. The normalized spacial score (nSPS) is 18.0. The molecule has 0 bridgehead atoms. The van der Waals surface area contributed by atoms with Crippen molar-refractivity contribution in [3.63, 3.8) is 0 Å². The molecule has 0 radical (unpaired) electrons. The predicted molar refractivity (Wildman–Crippen MR) is 99.5 cm³/mol. The molecule has 0 N–H and O–H groups in total. The Bertz CT molecular complexity index is 989. The zero-order valence-electron chi connectivity index (χ0n) is 14.8. The van der Waals surface area contributed by atoms with Crippen LogP contribution in [0.5, 0.6) is 0 Å². The fourth-order valence-corrected chi connectivity index (χ4v) is 4.22. The highest BCUT2D eigenvalue weighted by Crippen LogP contribution is 2.27. The highest BCUT2D eigenvalue weighted by molar-refractivity contribution is 7.99. The first-order valence-corrected chi connectivity index (χ1v) is 9.74. The summed E-state index contributed by atoms with van der Waals surface area (Å²) in [6.07, 6.45) is 3.31. The minimum absolute atomic E-state index is 0.116. The highest BCUT2D eigenvalue weighted by Gasteiger charge is 2.23. The van der Waals surface area contributed by atoms with Crippen molar-refractivity contribution in [2.45, 2.75) is 37.4 Å². The van der Waals surface area contributed by atoms with Crippen molar-refractivity contribution in [1.82, 2.24) is 24.6 Å². The summed E-state index contributed by atoms with van der Waals surface area (Å²) in [7, 11) is 1.87. The van der Waals surface area contributed by atoms with Gasteiger partial charge in [0, 0.05) is 25.0 Å². The maximum absolute atomic E-state index is 13.5. The predicted octanol–water partition coefficient (Wildman–Crippen LogP) is 3.15. The van der Waals surface area contributed by atoms with E-state index in [0.29, 0.717) is 33.5 Å². The molecule has 4 rings (SSSR count). The molecule has 1 saturated heterocycles. The van der Waals surface area contributed by atoms with E-state index >= 15 is 0 Å². The van der Waals surface area contributed by atoms with Crippen molar-refractivity contribution >= 4 is 39.7 Å². The average Bonchev–Trinajstić information content (AvgIpc) is 2.91. The topological polar surface area (TPSA) is 63.9 Å². The summed E-state index contributed by atoms with van der Waals surface area (Å²) >= 11 is 1.30. The Kier molecular flexibility index (Phi) is 4.52. The van der Waals surface area contributed by atoms with Crippen LogP contribution in [-0.4, -0.2) is 48.9 Å². The van der Waals surface area contributed by atoms with Gasteiger partial charge in [0.1, 0.15) is 11.3 Å². The Balaban J connectivity index is 1.57. The summed E-state index contributed by atoms with van der Waals surface area (Å²) in [6, 6.07) is 4.87. The van der Waals surface area contributed by atoms with Gasteiger partial charge in [0.25, 0.3) is 0 Å². The van der Waals surface area contributed by atoms with Gasteiger partial charge in [-0.2, -0.15) is 0 Å². The van der Waals surface area contributed by atoms with Crippen LogP contribution in [0.2, 0.25) is 0 Å². The number of carbonyl (C=O) groups is 1. The van der Waals surface area contributed by atoms with E-state index in [0.717, 1.165) is 24.9 Å². The molecule has 6 nitrogen and oxygen atoms in total. The number of benzene rings is 1. The maximum Gasteiger partial charge on any atom is 0.233 e. The number of aryl methyl sites for hydroxylation is 1. The van der Waals surface area contributed by atoms with Crippen LogP contribution in [-0.2, 0) is 11.8 Å². The van der Waals surface area contributed by atoms with Crippen molar-refractivity contribution < 1.29 is 9.18 Å². The monoisotopic (exact) mass is 373 g/mol. The third-order valence-corrected chi connectivity index (χ3v) is 5.81. The van der Waals surface area contributed by atoms with Crippen LogP contribution in [0.1, 0.15) is 26.2 Å². The zero-order chi connectivity index (χ0) is 18.3. The second-order valence-electron chi connectivity index (χ2n) is 6.71. The Hall–Kier alpha value is -2.22. The number of aromatic nitrogens is 4. The lowest BCUT2D eigenvalue weighted by Gasteiger charge is -2.33. The van der Waals surface area contributed by atoms with Crippen LogP contribution < -0.4 is 0 Å². The lowest BCUT2D eigenvalue weighted by molar-refractivity contribution is -0.131. The average molecular weight is 373 g/mol. The van der Waals surface area contributed by atoms with Gasteiger partial charge in [0.15, 0.2) is 5.65 Å². The summed E-state index contributed by atoms with van der Waals surface area (Å²) in [5.74, 6) is 0.104. The lowest BCUT2D eigenvalue weighted by Crippen LogP contribution is -2.42. The largest absolute Gasteiger partial charge is 0.339 e. The highest BCUT2D eigenvalue weighted by atomic mass is 32.2. The molecular weight excluding hydrogens is 353 g/mol. The van der Waals surface area contributed by atoms with E-state index < -0.39 is 0 Å². The number of fused-ring (bicyclic) bond motifs is 3. The molecule has 136 valence electrons. The molecule has 1 aliphatic heterocycles. The van der Waals surface area contributed by atoms with Crippen LogP contribution in [0.3, 0.4) is 0 Å². The summed E-state index contributed by atoms with van der Waals surface area (Å²) < 4.78 is 15.4. The SMILES string of the molecule is C[C@@H]1CCCCN1C(=O)CSc1nnc2c3cc(F)ccc3n(C)c2n1. The Morgan fingerprint density at radius 2 is 2.19 bits per heavy atom. The van der Waals surface area contributed by atoms with E-state index in [2.05, 4.69) is 22.1 Å². The van der Waals surface area contributed by atoms with E-state index in [9.17, 15) is 9.18 Å². The standard InChI is InChI=1S/C18H20FN5OS/c1-11-5-3-4-8-24(11)15(25)10-26-18-20-17-16(21-22-18)13-9-12(19)6-7-14(13)23(17)2/h6-7,9,11H,3-5,8,10H2,1-2H3/t11-/m1/s1.